The number of aliphatic imine (C=N–C) groups is 1. The molecule has 1 fully saturated rings. The van der Waals surface area contributed by atoms with Crippen LogP contribution in [0.25, 0.3) is 0 Å². The molecule has 4 rings (SSSR count). The van der Waals surface area contributed by atoms with Crippen LogP contribution in [0.5, 0.6) is 0 Å². The first-order chi connectivity index (χ1) is 14.5. The Hall–Kier alpha value is -2.93. The molecule has 0 radical (unpaired) electrons. The van der Waals surface area contributed by atoms with Gasteiger partial charge in [-0.1, -0.05) is 18.2 Å². The number of nitrogens with zero attached hydrogens (tertiary/aromatic N) is 2. The van der Waals surface area contributed by atoms with Crippen LogP contribution in [0.2, 0.25) is 0 Å². The summed E-state index contributed by atoms with van der Waals surface area (Å²) >= 11 is 0. The minimum absolute atomic E-state index is 0.162. The Balaban J connectivity index is 1.64. The number of ether oxygens (including phenoxy) is 1. The number of fused-ring (bicyclic) bond motifs is 1. The number of hydrogen-bond donors (Lipinski definition) is 2. The minimum Gasteiger partial charge on any atom is -0.383 e. The Morgan fingerprint density at radius 2 is 2.07 bits per heavy atom. The van der Waals surface area contributed by atoms with E-state index in [1.807, 2.05) is 24.3 Å². The number of benzene rings is 2. The number of para-hydroxylation sites is 2. The Bertz CT molecular complexity index is 977. The van der Waals surface area contributed by atoms with Gasteiger partial charge < -0.3 is 20.3 Å². The molecule has 7 heteroatoms. The van der Waals surface area contributed by atoms with Crippen LogP contribution in [0.1, 0.15) is 28.8 Å². The number of hydrogen-bond acceptors (Lipinski definition) is 4. The summed E-state index contributed by atoms with van der Waals surface area (Å²) in [4.78, 5) is 19.7. The average Bonchev–Trinajstić information content (AvgIpc) is 2.76. The maximum Gasteiger partial charge on any atom is 0.254 e. The molecular formula is C23H27FN4O2. The van der Waals surface area contributed by atoms with Crippen LogP contribution in [0.3, 0.4) is 0 Å². The molecule has 2 aliphatic heterocycles. The van der Waals surface area contributed by atoms with Crippen molar-refractivity contribution in [1.29, 1.82) is 0 Å². The van der Waals surface area contributed by atoms with Gasteiger partial charge in [0.1, 0.15) is 17.2 Å². The van der Waals surface area contributed by atoms with Crippen molar-refractivity contribution in [2.45, 2.75) is 25.3 Å². The van der Waals surface area contributed by atoms with Gasteiger partial charge in [0.2, 0.25) is 0 Å². The number of carbonyl (C=O) groups is 1. The summed E-state index contributed by atoms with van der Waals surface area (Å²) in [6.45, 7) is 3.83. The summed E-state index contributed by atoms with van der Waals surface area (Å²) in [5.41, 5.74) is 2.34. The Morgan fingerprint density at radius 3 is 2.83 bits per heavy atom. The molecule has 2 heterocycles. The number of nitrogens with one attached hydrogen (secondary N) is 2. The van der Waals surface area contributed by atoms with E-state index in [0.29, 0.717) is 37.4 Å². The lowest BCUT2D eigenvalue weighted by molar-refractivity contribution is 0.0694. The fourth-order valence-corrected chi connectivity index (χ4v) is 4.14. The smallest absolute Gasteiger partial charge is 0.254 e. The van der Waals surface area contributed by atoms with Crippen molar-refractivity contribution in [1.82, 2.24) is 4.90 Å². The van der Waals surface area contributed by atoms with Gasteiger partial charge in [-0.3, -0.25) is 9.79 Å². The number of amidine groups is 1. The van der Waals surface area contributed by atoms with Crippen LogP contribution in [-0.4, -0.2) is 55.5 Å². The second kappa shape index (κ2) is 8.44. The molecule has 0 aromatic heterocycles. The van der Waals surface area contributed by atoms with Gasteiger partial charge in [0.15, 0.2) is 0 Å². The second-order valence-corrected chi connectivity index (χ2v) is 7.90. The SMILES string of the molecule is COCCN=C1Nc2ccccc2NC12CCCN(C(=O)c1ccc(C)c(F)c1)C2. The predicted molar refractivity (Wildman–Crippen MR) is 117 cm³/mol. The second-order valence-electron chi connectivity index (χ2n) is 7.90. The minimum atomic E-state index is -0.515. The van der Waals surface area contributed by atoms with Crippen LogP contribution < -0.4 is 10.6 Å². The fourth-order valence-electron chi connectivity index (χ4n) is 4.14. The quantitative estimate of drug-likeness (QED) is 0.755. The molecule has 2 aliphatic rings. The lowest BCUT2D eigenvalue weighted by atomic mass is 9.84. The molecule has 2 aromatic rings. The topological polar surface area (TPSA) is 66.0 Å². The van der Waals surface area contributed by atoms with Gasteiger partial charge >= 0.3 is 0 Å². The number of piperidine rings is 1. The largest absolute Gasteiger partial charge is 0.383 e. The first-order valence-electron chi connectivity index (χ1n) is 10.3. The highest BCUT2D eigenvalue weighted by Gasteiger charge is 2.44. The van der Waals surface area contributed by atoms with Crippen LogP contribution in [0.15, 0.2) is 47.5 Å². The zero-order chi connectivity index (χ0) is 21.1. The van der Waals surface area contributed by atoms with Crippen LogP contribution >= 0.6 is 0 Å². The highest BCUT2D eigenvalue weighted by Crippen LogP contribution is 2.36. The molecule has 2 N–H and O–H groups in total. The molecule has 6 nitrogen and oxygen atoms in total. The van der Waals surface area contributed by atoms with Gasteiger partial charge in [0.25, 0.3) is 5.91 Å². The van der Waals surface area contributed by atoms with Crippen molar-refractivity contribution in [2.75, 3.05) is 44.0 Å². The Labute approximate surface area is 176 Å². The third kappa shape index (κ3) is 3.89. The van der Waals surface area contributed by atoms with Crippen molar-refractivity contribution in [3.8, 4) is 0 Å². The third-order valence-corrected chi connectivity index (χ3v) is 5.77. The highest BCUT2D eigenvalue weighted by atomic mass is 19.1. The fraction of sp³-hybridized carbons (Fsp3) is 0.391. The van der Waals surface area contributed by atoms with Gasteiger partial charge in [-0.05, 0) is 49.6 Å². The van der Waals surface area contributed by atoms with Crippen molar-refractivity contribution in [3.63, 3.8) is 0 Å². The molecule has 1 spiro atoms. The van der Waals surface area contributed by atoms with E-state index in [9.17, 15) is 9.18 Å². The zero-order valence-corrected chi connectivity index (χ0v) is 17.4. The molecule has 158 valence electrons. The molecular weight excluding hydrogens is 383 g/mol. The Kier molecular flexibility index (Phi) is 5.72. The van der Waals surface area contributed by atoms with Crippen molar-refractivity contribution in [3.05, 3.63) is 59.4 Å². The number of halogens is 1. The molecule has 1 amide bonds. The summed E-state index contributed by atoms with van der Waals surface area (Å²) in [6.07, 6.45) is 1.66. The number of methoxy groups -OCH3 is 1. The molecule has 2 aromatic carbocycles. The van der Waals surface area contributed by atoms with E-state index in [0.717, 1.165) is 30.1 Å². The van der Waals surface area contributed by atoms with Gasteiger partial charge in [0.05, 0.1) is 31.1 Å². The van der Waals surface area contributed by atoms with Gasteiger partial charge in [-0.25, -0.2) is 4.39 Å². The normalized spacial score (nSPS) is 21.8. The van der Waals surface area contributed by atoms with E-state index < -0.39 is 5.54 Å². The maximum absolute atomic E-state index is 14.0. The van der Waals surface area contributed by atoms with Gasteiger partial charge in [0, 0.05) is 19.2 Å². The number of rotatable bonds is 4. The molecule has 30 heavy (non-hydrogen) atoms. The predicted octanol–water partition coefficient (Wildman–Crippen LogP) is 3.69. The Morgan fingerprint density at radius 1 is 1.27 bits per heavy atom. The standard InChI is InChI=1S/C23H27FN4O2/c1-16-8-9-17(14-18(16)24)21(29)28-12-5-10-23(15-28)22(25-11-13-30-2)26-19-6-3-4-7-20(19)27-23/h3-4,6-9,14,27H,5,10-13,15H2,1-2H3,(H,25,26). The van der Waals surface area contributed by atoms with Crippen molar-refractivity contribution in [2.24, 2.45) is 4.99 Å². The first kappa shape index (κ1) is 20.3. The molecule has 1 saturated heterocycles. The van der Waals surface area contributed by atoms with Gasteiger partial charge in [-0.2, -0.15) is 0 Å². The molecule has 1 unspecified atom stereocenters. The highest BCUT2D eigenvalue weighted by molar-refractivity contribution is 6.10. The molecule has 0 saturated carbocycles. The molecule has 1 atom stereocenters. The van der Waals surface area contributed by atoms with E-state index in [1.165, 1.54) is 6.07 Å². The summed E-state index contributed by atoms with van der Waals surface area (Å²) in [6, 6.07) is 12.6. The summed E-state index contributed by atoms with van der Waals surface area (Å²) in [7, 11) is 1.65. The van der Waals surface area contributed by atoms with Crippen LogP contribution in [0.4, 0.5) is 15.8 Å². The third-order valence-electron chi connectivity index (χ3n) is 5.77. The molecule has 0 bridgehead atoms. The van der Waals surface area contributed by atoms with Crippen molar-refractivity contribution < 1.29 is 13.9 Å². The number of anilines is 2. The monoisotopic (exact) mass is 410 g/mol. The summed E-state index contributed by atoms with van der Waals surface area (Å²) < 4.78 is 19.2. The van der Waals surface area contributed by atoms with E-state index in [2.05, 4.69) is 10.6 Å². The maximum atomic E-state index is 14.0. The van der Waals surface area contributed by atoms with E-state index in [1.54, 1.807) is 31.1 Å². The van der Waals surface area contributed by atoms with Gasteiger partial charge in [-0.15, -0.1) is 0 Å². The lowest BCUT2D eigenvalue weighted by Gasteiger charge is -2.47. The zero-order valence-electron chi connectivity index (χ0n) is 17.4. The van der Waals surface area contributed by atoms with E-state index >= 15 is 0 Å². The number of aryl methyl sites for hydroxylation is 1. The summed E-state index contributed by atoms with van der Waals surface area (Å²) in [5.74, 6) is 0.288. The number of amides is 1. The first-order valence-corrected chi connectivity index (χ1v) is 10.3. The van der Waals surface area contributed by atoms with E-state index in [4.69, 9.17) is 9.73 Å². The summed E-state index contributed by atoms with van der Waals surface area (Å²) in [5, 5.41) is 7.11. The van der Waals surface area contributed by atoms with Crippen LogP contribution in [0, 0.1) is 12.7 Å². The van der Waals surface area contributed by atoms with Crippen molar-refractivity contribution >= 4 is 23.1 Å². The molecule has 0 aliphatic carbocycles. The number of likely N-dealkylation sites (tertiary alicyclic amines) is 1. The van der Waals surface area contributed by atoms with E-state index in [-0.39, 0.29) is 11.7 Å². The number of carbonyl (C=O) groups excluding carboxylic acids is 1. The van der Waals surface area contributed by atoms with Crippen LogP contribution in [-0.2, 0) is 4.74 Å². The average molecular weight is 410 g/mol. The lowest BCUT2D eigenvalue weighted by Crippen LogP contribution is -2.62.